The van der Waals surface area contributed by atoms with Crippen LogP contribution in [0.3, 0.4) is 0 Å². The van der Waals surface area contributed by atoms with Gasteiger partial charge in [0.15, 0.2) is 0 Å². The lowest BCUT2D eigenvalue weighted by Gasteiger charge is -2.36. The molecule has 0 radical (unpaired) electrons. The Kier molecular flexibility index (Phi) is 5.27. The predicted molar refractivity (Wildman–Crippen MR) is 110 cm³/mol. The van der Waals surface area contributed by atoms with Gasteiger partial charge in [0.25, 0.3) is 5.91 Å². The fourth-order valence-electron chi connectivity index (χ4n) is 4.10. The van der Waals surface area contributed by atoms with E-state index in [9.17, 15) is 4.79 Å². The number of hydrogen-bond donors (Lipinski definition) is 1. The van der Waals surface area contributed by atoms with Gasteiger partial charge in [-0.1, -0.05) is 24.6 Å². The molecule has 142 valence electrons. The average Bonchev–Trinajstić information content (AvgIpc) is 3.26. The number of thiophene rings is 1. The van der Waals surface area contributed by atoms with Crippen LogP contribution in [0.15, 0.2) is 36.5 Å². The second-order valence-corrected chi connectivity index (χ2v) is 8.31. The zero-order chi connectivity index (χ0) is 18.8. The number of aromatic nitrogens is 2. The molecule has 1 unspecified atom stereocenters. The molecule has 1 aliphatic rings. The number of nitrogens with one attached hydrogen (secondary N) is 1. The lowest BCUT2D eigenvalue weighted by Crippen LogP contribution is -2.41. The van der Waals surface area contributed by atoms with E-state index in [2.05, 4.69) is 39.6 Å². The van der Waals surface area contributed by atoms with Crippen molar-refractivity contribution in [1.82, 2.24) is 20.0 Å². The Bertz CT molecular complexity index is 945. The topological polar surface area (TPSA) is 50.2 Å². The van der Waals surface area contributed by atoms with Gasteiger partial charge in [0.05, 0.1) is 10.6 Å². The van der Waals surface area contributed by atoms with Gasteiger partial charge in [0, 0.05) is 37.6 Å². The average molecular weight is 383 g/mol. The van der Waals surface area contributed by atoms with Gasteiger partial charge in [-0.15, -0.1) is 11.3 Å². The van der Waals surface area contributed by atoms with Crippen LogP contribution >= 0.6 is 11.3 Å². The van der Waals surface area contributed by atoms with Crippen molar-refractivity contribution in [3.05, 3.63) is 52.7 Å². The first-order valence-corrected chi connectivity index (χ1v) is 10.4. The number of amides is 1. The first-order chi connectivity index (χ1) is 13.2. The molecule has 3 heterocycles. The van der Waals surface area contributed by atoms with E-state index >= 15 is 0 Å². The van der Waals surface area contributed by atoms with Crippen molar-refractivity contribution in [2.75, 3.05) is 13.6 Å². The summed E-state index contributed by atoms with van der Waals surface area (Å²) < 4.78 is 3.15. The normalized spacial score (nSPS) is 18.1. The van der Waals surface area contributed by atoms with E-state index in [0.29, 0.717) is 6.04 Å². The Morgan fingerprint density at radius 3 is 2.93 bits per heavy atom. The van der Waals surface area contributed by atoms with Gasteiger partial charge in [-0.2, -0.15) is 5.10 Å². The van der Waals surface area contributed by atoms with Crippen LogP contribution in [0.4, 0.5) is 0 Å². The molecule has 0 saturated carbocycles. The maximum absolute atomic E-state index is 12.5. The van der Waals surface area contributed by atoms with Crippen LogP contribution in [0.1, 0.15) is 40.2 Å². The molecule has 1 aliphatic heterocycles. The Labute approximate surface area is 164 Å². The molecule has 6 heteroatoms. The molecule has 27 heavy (non-hydrogen) atoms. The Morgan fingerprint density at radius 1 is 1.30 bits per heavy atom. The summed E-state index contributed by atoms with van der Waals surface area (Å²) in [4.78, 5) is 15.9. The lowest BCUT2D eigenvalue weighted by molar-refractivity contribution is 0.0964. The van der Waals surface area contributed by atoms with Crippen molar-refractivity contribution < 1.29 is 4.79 Å². The van der Waals surface area contributed by atoms with Gasteiger partial charge < -0.3 is 5.32 Å². The minimum atomic E-state index is 0.0280. The van der Waals surface area contributed by atoms with E-state index in [0.717, 1.165) is 24.4 Å². The van der Waals surface area contributed by atoms with Gasteiger partial charge >= 0.3 is 0 Å². The standard InChI is InChI=1S/C21H26N4OS/c1-22-21(26)20-18(17-8-3-4-9-19(17)27-20)13-15-7-5-6-12-25(15)14-16-10-11-23-24(16)2/h3-4,8-11,15H,5-7,12-14H2,1-2H3,(H,22,26). The largest absolute Gasteiger partial charge is 0.354 e. The van der Waals surface area contributed by atoms with E-state index in [1.807, 2.05) is 24.0 Å². The van der Waals surface area contributed by atoms with Crippen molar-refractivity contribution in [3.63, 3.8) is 0 Å². The Balaban J connectivity index is 1.65. The third-order valence-electron chi connectivity index (χ3n) is 5.61. The van der Waals surface area contributed by atoms with Crippen LogP contribution in [-0.4, -0.2) is 40.2 Å². The third-order valence-corrected chi connectivity index (χ3v) is 6.82. The summed E-state index contributed by atoms with van der Waals surface area (Å²) in [5.74, 6) is 0.0280. The summed E-state index contributed by atoms with van der Waals surface area (Å²) in [5.41, 5.74) is 2.44. The molecular formula is C21H26N4OS. The highest BCUT2D eigenvalue weighted by atomic mass is 32.1. The third kappa shape index (κ3) is 3.64. The second-order valence-electron chi connectivity index (χ2n) is 7.26. The number of likely N-dealkylation sites (tertiary alicyclic amines) is 1. The van der Waals surface area contributed by atoms with Gasteiger partial charge in [0.1, 0.15) is 0 Å². The number of fused-ring (bicyclic) bond motifs is 1. The van der Waals surface area contributed by atoms with Gasteiger partial charge in [-0.25, -0.2) is 0 Å². The summed E-state index contributed by atoms with van der Waals surface area (Å²) in [6.07, 6.45) is 6.45. The van der Waals surface area contributed by atoms with Crippen LogP contribution < -0.4 is 5.32 Å². The van der Waals surface area contributed by atoms with Crippen LogP contribution in [0.5, 0.6) is 0 Å². The number of carbonyl (C=O) groups is 1. The maximum atomic E-state index is 12.5. The number of carbonyl (C=O) groups excluding carboxylic acids is 1. The number of nitrogens with zero attached hydrogens (tertiary/aromatic N) is 3. The minimum absolute atomic E-state index is 0.0280. The van der Waals surface area contributed by atoms with Crippen molar-refractivity contribution in [1.29, 1.82) is 0 Å². The molecular weight excluding hydrogens is 356 g/mol. The summed E-state index contributed by atoms with van der Waals surface area (Å²) in [7, 11) is 3.72. The number of benzene rings is 1. The predicted octanol–water partition coefficient (Wildman–Crippen LogP) is 3.59. The molecule has 1 amide bonds. The highest BCUT2D eigenvalue weighted by molar-refractivity contribution is 7.21. The van der Waals surface area contributed by atoms with E-state index in [1.165, 1.54) is 40.6 Å². The SMILES string of the molecule is CNC(=O)c1sc2ccccc2c1CC1CCCCN1Cc1ccnn1C. The Morgan fingerprint density at radius 2 is 2.15 bits per heavy atom. The van der Waals surface area contributed by atoms with Crippen molar-refractivity contribution in [2.24, 2.45) is 7.05 Å². The summed E-state index contributed by atoms with van der Waals surface area (Å²) in [6.45, 7) is 2.02. The molecule has 0 spiro atoms. The molecule has 4 rings (SSSR count). The molecule has 1 N–H and O–H groups in total. The molecule has 1 saturated heterocycles. The van der Waals surface area contributed by atoms with Crippen molar-refractivity contribution in [2.45, 2.75) is 38.3 Å². The highest BCUT2D eigenvalue weighted by Gasteiger charge is 2.27. The number of rotatable bonds is 5. The number of hydrogen-bond acceptors (Lipinski definition) is 4. The maximum Gasteiger partial charge on any atom is 0.261 e. The first kappa shape index (κ1) is 18.2. The second kappa shape index (κ2) is 7.82. The van der Waals surface area contributed by atoms with Crippen LogP contribution in [0.2, 0.25) is 0 Å². The summed E-state index contributed by atoms with van der Waals surface area (Å²) in [6, 6.07) is 10.9. The monoisotopic (exact) mass is 382 g/mol. The minimum Gasteiger partial charge on any atom is -0.354 e. The molecule has 5 nitrogen and oxygen atoms in total. The van der Waals surface area contributed by atoms with Crippen LogP contribution in [0, 0.1) is 0 Å². The fourth-order valence-corrected chi connectivity index (χ4v) is 5.28. The summed E-state index contributed by atoms with van der Waals surface area (Å²) >= 11 is 1.61. The van der Waals surface area contributed by atoms with Crippen molar-refractivity contribution in [3.8, 4) is 0 Å². The van der Waals surface area contributed by atoms with Gasteiger partial charge in [0.2, 0.25) is 0 Å². The van der Waals surface area contributed by atoms with Crippen LogP contribution in [0.25, 0.3) is 10.1 Å². The molecule has 0 bridgehead atoms. The van der Waals surface area contributed by atoms with Gasteiger partial charge in [-0.3, -0.25) is 14.4 Å². The van der Waals surface area contributed by atoms with E-state index in [-0.39, 0.29) is 5.91 Å². The van der Waals surface area contributed by atoms with Crippen molar-refractivity contribution >= 4 is 27.3 Å². The van der Waals surface area contributed by atoms with E-state index < -0.39 is 0 Å². The highest BCUT2D eigenvalue weighted by Crippen LogP contribution is 2.34. The molecule has 0 aliphatic carbocycles. The van der Waals surface area contributed by atoms with Crippen LogP contribution in [-0.2, 0) is 20.0 Å². The molecule has 2 aromatic heterocycles. The summed E-state index contributed by atoms with van der Waals surface area (Å²) in [5, 5.41) is 8.36. The fraction of sp³-hybridized carbons (Fsp3) is 0.429. The molecule has 1 aromatic carbocycles. The lowest BCUT2D eigenvalue weighted by atomic mass is 9.93. The number of aryl methyl sites for hydroxylation is 1. The Hall–Kier alpha value is -2.18. The first-order valence-electron chi connectivity index (χ1n) is 9.61. The zero-order valence-electron chi connectivity index (χ0n) is 15.9. The zero-order valence-corrected chi connectivity index (χ0v) is 16.8. The molecule has 1 atom stereocenters. The van der Waals surface area contributed by atoms with E-state index in [4.69, 9.17) is 0 Å². The quantitative estimate of drug-likeness (QED) is 0.734. The van der Waals surface area contributed by atoms with E-state index in [1.54, 1.807) is 18.4 Å². The van der Waals surface area contributed by atoms with Gasteiger partial charge in [-0.05, 0) is 48.9 Å². The molecule has 3 aromatic rings. The smallest absolute Gasteiger partial charge is 0.261 e. The molecule has 1 fully saturated rings. The number of piperidine rings is 1.